The first kappa shape index (κ1) is 22.9. The van der Waals surface area contributed by atoms with Crippen LogP contribution in [0.2, 0.25) is 0 Å². The van der Waals surface area contributed by atoms with Crippen molar-refractivity contribution in [3.05, 3.63) is 72.1 Å². The van der Waals surface area contributed by atoms with Crippen molar-refractivity contribution < 1.29 is 14.3 Å². The molecule has 0 bridgehead atoms. The molecule has 35 heavy (non-hydrogen) atoms. The van der Waals surface area contributed by atoms with Gasteiger partial charge in [0.1, 0.15) is 0 Å². The minimum Gasteiger partial charge on any atom is -0.490 e. The van der Waals surface area contributed by atoms with Crippen LogP contribution in [-0.2, 0) is 4.79 Å². The van der Waals surface area contributed by atoms with Crippen LogP contribution in [0.1, 0.15) is 17.5 Å². The van der Waals surface area contributed by atoms with E-state index in [-0.39, 0.29) is 11.7 Å². The van der Waals surface area contributed by atoms with Crippen molar-refractivity contribution in [3.8, 4) is 28.6 Å². The molecule has 9 heteroatoms. The monoisotopic (exact) mass is 487 g/mol. The molecule has 0 saturated carbocycles. The number of fused-ring (bicyclic) bond motifs is 1. The fourth-order valence-electron chi connectivity index (χ4n) is 3.89. The Labute approximate surface area is 207 Å². The molecule has 0 fully saturated rings. The summed E-state index contributed by atoms with van der Waals surface area (Å²) in [5.74, 6) is 2.03. The minimum atomic E-state index is -0.150. The lowest BCUT2D eigenvalue weighted by Crippen LogP contribution is -2.14. The summed E-state index contributed by atoms with van der Waals surface area (Å²) < 4.78 is 13.4. The van der Waals surface area contributed by atoms with Gasteiger partial charge < -0.3 is 14.8 Å². The third-order valence-electron chi connectivity index (χ3n) is 5.51. The summed E-state index contributed by atoms with van der Waals surface area (Å²) in [6.45, 7) is 5.33. The molecule has 0 atom stereocenters. The normalized spacial score (nSPS) is 12.7. The molecule has 178 valence electrons. The van der Waals surface area contributed by atoms with Gasteiger partial charge in [0.2, 0.25) is 5.91 Å². The third kappa shape index (κ3) is 5.14. The van der Waals surface area contributed by atoms with Gasteiger partial charge >= 0.3 is 0 Å². The number of pyridine rings is 1. The fourth-order valence-corrected chi connectivity index (χ4v) is 4.63. The van der Waals surface area contributed by atoms with Crippen molar-refractivity contribution in [1.82, 2.24) is 19.7 Å². The van der Waals surface area contributed by atoms with E-state index in [4.69, 9.17) is 9.47 Å². The first-order valence-corrected chi connectivity index (χ1v) is 12.3. The highest BCUT2D eigenvalue weighted by Gasteiger charge is 2.19. The molecule has 2 aromatic carbocycles. The molecule has 0 spiro atoms. The Balaban J connectivity index is 1.37. The first-order chi connectivity index (χ1) is 17.1. The standard InChI is InChI=1S/C26H25N5O3S/c1-17-6-8-21(18(2)13-17)31-25(19-5-3-10-27-15-19)29-30-26(31)35-16-24(32)28-20-7-9-22-23(14-20)34-12-4-11-33-22/h3,5-10,13-15H,4,11-12,16H2,1-2H3,(H,28,32). The van der Waals surface area contributed by atoms with Crippen LogP contribution in [0.4, 0.5) is 5.69 Å². The van der Waals surface area contributed by atoms with E-state index < -0.39 is 0 Å². The number of nitrogens with zero attached hydrogens (tertiary/aromatic N) is 4. The second-order valence-corrected chi connectivity index (χ2v) is 9.16. The summed E-state index contributed by atoms with van der Waals surface area (Å²) in [5.41, 5.74) is 4.74. The number of carbonyl (C=O) groups is 1. The molecule has 8 nitrogen and oxygen atoms in total. The average Bonchev–Trinajstić information content (AvgIpc) is 3.13. The number of aromatic nitrogens is 4. The van der Waals surface area contributed by atoms with Gasteiger partial charge in [-0.1, -0.05) is 29.5 Å². The van der Waals surface area contributed by atoms with E-state index in [1.807, 2.05) is 28.8 Å². The molecule has 4 aromatic rings. The lowest BCUT2D eigenvalue weighted by molar-refractivity contribution is -0.113. The van der Waals surface area contributed by atoms with Crippen LogP contribution in [0.15, 0.2) is 66.1 Å². The lowest BCUT2D eigenvalue weighted by atomic mass is 10.1. The number of benzene rings is 2. The highest BCUT2D eigenvalue weighted by molar-refractivity contribution is 7.99. The Morgan fingerprint density at radius 1 is 1.06 bits per heavy atom. The summed E-state index contributed by atoms with van der Waals surface area (Å²) in [4.78, 5) is 17.0. The number of aryl methyl sites for hydroxylation is 2. The molecule has 3 heterocycles. The van der Waals surface area contributed by atoms with Crippen molar-refractivity contribution in [2.24, 2.45) is 0 Å². The second-order valence-electron chi connectivity index (χ2n) is 8.22. The van der Waals surface area contributed by atoms with E-state index >= 15 is 0 Å². The largest absolute Gasteiger partial charge is 0.490 e. The maximum Gasteiger partial charge on any atom is 0.234 e. The molecule has 1 amide bonds. The zero-order valence-corrected chi connectivity index (χ0v) is 20.3. The van der Waals surface area contributed by atoms with Crippen molar-refractivity contribution >= 4 is 23.4 Å². The summed E-state index contributed by atoms with van der Waals surface area (Å²) in [7, 11) is 0. The van der Waals surface area contributed by atoms with Crippen LogP contribution in [0.25, 0.3) is 17.1 Å². The molecule has 0 unspecified atom stereocenters. The Morgan fingerprint density at radius 3 is 2.71 bits per heavy atom. The number of carbonyl (C=O) groups excluding carboxylic acids is 1. The van der Waals surface area contributed by atoms with Crippen LogP contribution in [0.3, 0.4) is 0 Å². The van der Waals surface area contributed by atoms with Crippen molar-refractivity contribution in [1.29, 1.82) is 0 Å². The van der Waals surface area contributed by atoms with Gasteiger partial charge in [-0.3, -0.25) is 14.3 Å². The van der Waals surface area contributed by atoms with Gasteiger partial charge in [-0.15, -0.1) is 10.2 Å². The number of nitrogens with one attached hydrogen (secondary N) is 1. The molecule has 0 saturated heterocycles. The number of rotatable bonds is 6. The number of ether oxygens (including phenoxy) is 2. The van der Waals surface area contributed by atoms with E-state index in [2.05, 4.69) is 52.5 Å². The van der Waals surface area contributed by atoms with Crippen molar-refractivity contribution in [3.63, 3.8) is 0 Å². The number of hydrogen-bond donors (Lipinski definition) is 1. The predicted octanol–water partition coefficient (Wildman–Crippen LogP) is 4.84. The summed E-state index contributed by atoms with van der Waals surface area (Å²) >= 11 is 1.33. The van der Waals surface area contributed by atoms with E-state index in [1.165, 1.54) is 17.3 Å². The molecule has 1 N–H and O–H groups in total. The van der Waals surface area contributed by atoms with Gasteiger partial charge in [-0.05, 0) is 49.7 Å². The summed E-state index contributed by atoms with van der Waals surface area (Å²) in [6.07, 6.45) is 4.31. The molecule has 0 radical (unpaired) electrons. The van der Waals surface area contributed by atoms with Gasteiger partial charge in [0.05, 0.1) is 24.7 Å². The highest BCUT2D eigenvalue weighted by atomic mass is 32.2. The van der Waals surface area contributed by atoms with Crippen LogP contribution >= 0.6 is 11.8 Å². The van der Waals surface area contributed by atoms with E-state index in [1.54, 1.807) is 18.5 Å². The van der Waals surface area contributed by atoms with Gasteiger partial charge in [-0.2, -0.15) is 0 Å². The predicted molar refractivity (Wildman–Crippen MR) is 135 cm³/mol. The molecule has 1 aliphatic rings. The molecule has 5 rings (SSSR count). The Morgan fingerprint density at radius 2 is 1.91 bits per heavy atom. The van der Waals surface area contributed by atoms with Crippen LogP contribution in [-0.4, -0.2) is 44.6 Å². The maximum atomic E-state index is 12.8. The van der Waals surface area contributed by atoms with Crippen LogP contribution < -0.4 is 14.8 Å². The quantitative estimate of drug-likeness (QED) is 0.389. The smallest absolute Gasteiger partial charge is 0.234 e. The maximum absolute atomic E-state index is 12.8. The van der Waals surface area contributed by atoms with E-state index in [0.717, 1.165) is 23.2 Å². The molecular weight excluding hydrogens is 462 g/mol. The number of anilines is 1. The third-order valence-corrected chi connectivity index (χ3v) is 6.44. The highest BCUT2D eigenvalue weighted by Crippen LogP contribution is 2.33. The Bertz CT molecular complexity index is 1360. The zero-order chi connectivity index (χ0) is 24.2. The van der Waals surface area contributed by atoms with Gasteiger partial charge in [-0.25, -0.2) is 0 Å². The van der Waals surface area contributed by atoms with Crippen LogP contribution in [0.5, 0.6) is 11.5 Å². The van der Waals surface area contributed by atoms with Gasteiger partial charge in [0.15, 0.2) is 22.5 Å². The van der Waals surface area contributed by atoms with Crippen molar-refractivity contribution in [2.75, 3.05) is 24.3 Å². The first-order valence-electron chi connectivity index (χ1n) is 11.3. The molecule has 2 aromatic heterocycles. The molecule has 0 aliphatic carbocycles. The number of thioether (sulfide) groups is 1. The topological polar surface area (TPSA) is 91.2 Å². The Hall–Kier alpha value is -3.85. The van der Waals surface area contributed by atoms with E-state index in [0.29, 0.717) is 41.4 Å². The van der Waals surface area contributed by atoms with E-state index in [9.17, 15) is 4.79 Å². The Kier molecular flexibility index (Phi) is 6.67. The molecular formula is C26H25N5O3S. The fraction of sp³-hybridized carbons (Fsp3) is 0.231. The number of amides is 1. The van der Waals surface area contributed by atoms with Gasteiger partial charge in [0, 0.05) is 36.1 Å². The summed E-state index contributed by atoms with van der Waals surface area (Å²) in [6, 6.07) is 15.5. The lowest BCUT2D eigenvalue weighted by Gasteiger charge is -2.14. The van der Waals surface area contributed by atoms with Crippen molar-refractivity contribution in [2.45, 2.75) is 25.4 Å². The average molecular weight is 488 g/mol. The van der Waals surface area contributed by atoms with Gasteiger partial charge in [0.25, 0.3) is 0 Å². The SMILES string of the molecule is Cc1ccc(-n2c(SCC(=O)Nc3ccc4c(c3)OCCCO4)nnc2-c2cccnc2)c(C)c1. The van der Waals surface area contributed by atoms with Crippen LogP contribution in [0, 0.1) is 13.8 Å². The molecule has 1 aliphatic heterocycles. The zero-order valence-electron chi connectivity index (χ0n) is 19.5. The second kappa shape index (κ2) is 10.2. The summed E-state index contributed by atoms with van der Waals surface area (Å²) in [5, 5.41) is 12.4. The number of hydrogen-bond acceptors (Lipinski definition) is 7. The minimum absolute atomic E-state index is 0.150.